The van der Waals surface area contributed by atoms with Gasteiger partial charge in [-0.1, -0.05) is 15.9 Å². The fraction of sp³-hybridized carbons (Fsp3) is 0.300. The number of benzene rings is 1. The number of hydrogen-bond acceptors (Lipinski definition) is 2. The van der Waals surface area contributed by atoms with Crippen LogP contribution in [0.2, 0.25) is 0 Å². The summed E-state index contributed by atoms with van der Waals surface area (Å²) in [5.41, 5.74) is -0.664. The Morgan fingerprint density at radius 2 is 2.06 bits per heavy atom. The molecule has 1 rings (SSSR count). The highest BCUT2D eigenvalue weighted by Crippen LogP contribution is 2.40. The van der Waals surface area contributed by atoms with Crippen LogP contribution in [0.1, 0.15) is 11.1 Å². The van der Waals surface area contributed by atoms with E-state index >= 15 is 0 Å². The van der Waals surface area contributed by atoms with Gasteiger partial charge in [-0.25, -0.2) is 0 Å². The van der Waals surface area contributed by atoms with Crippen LogP contribution in [0.4, 0.5) is 13.2 Å². The normalized spacial score (nSPS) is 11.0. The van der Waals surface area contributed by atoms with Crippen LogP contribution in [0.25, 0.3) is 0 Å². The summed E-state index contributed by atoms with van der Waals surface area (Å²) in [4.78, 5) is 0. The molecular formula is C10H7BrF3NO. The van der Waals surface area contributed by atoms with Gasteiger partial charge in [-0.2, -0.15) is 18.4 Å². The van der Waals surface area contributed by atoms with Gasteiger partial charge in [-0.15, -0.1) is 0 Å². The van der Waals surface area contributed by atoms with E-state index in [0.29, 0.717) is 4.47 Å². The van der Waals surface area contributed by atoms with Crippen LogP contribution < -0.4 is 4.74 Å². The maximum atomic E-state index is 12.6. The third kappa shape index (κ3) is 2.47. The van der Waals surface area contributed by atoms with E-state index < -0.39 is 11.7 Å². The maximum absolute atomic E-state index is 12.6. The summed E-state index contributed by atoms with van der Waals surface area (Å²) in [6.45, 7) is 0. The second-order valence-electron chi connectivity index (χ2n) is 2.94. The molecule has 16 heavy (non-hydrogen) atoms. The Bertz CT molecular complexity index is 437. The Labute approximate surface area is 98.8 Å². The molecule has 0 spiro atoms. The molecule has 0 fully saturated rings. The molecule has 0 saturated heterocycles. The molecule has 0 aliphatic heterocycles. The molecule has 1 aromatic carbocycles. The number of ether oxygens (including phenoxy) is 1. The van der Waals surface area contributed by atoms with Crippen molar-refractivity contribution >= 4 is 15.9 Å². The van der Waals surface area contributed by atoms with Crippen LogP contribution in [-0.2, 0) is 12.6 Å². The molecule has 0 heterocycles. The first-order valence-electron chi connectivity index (χ1n) is 4.21. The van der Waals surface area contributed by atoms with Gasteiger partial charge in [0, 0.05) is 10.0 Å². The Morgan fingerprint density at radius 1 is 1.44 bits per heavy atom. The fourth-order valence-corrected chi connectivity index (χ4v) is 1.76. The predicted octanol–water partition coefficient (Wildman–Crippen LogP) is 3.54. The fourth-order valence-electron chi connectivity index (χ4n) is 1.30. The first-order chi connectivity index (χ1) is 7.41. The van der Waals surface area contributed by atoms with Crippen LogP contribution in [0.5, 0.6) is 5.75 Å². The topological polar surface area (TPSA) is 33.0 Å². The summed E-state index contributed by atoms with van der Waals surface area (Å²) in [7, 11) is 1.15. The molecule has 1 aromatic rings. The van der Waals surface area contributed by atoms with Crippen LogP contribution >= 0.6 is 15.9 Å². The minimum Gasteiger partial charge on any atom is -0.496 e. The van der Waals surface area contributed by atoms with Gasteiger partial charge >= 0.3 is 6.18 Å². The molecule has 0 aromatic heterocycles. The number of hydrogen-bond donors (Lipinski definition) is 0. The summed E-state index contributed by atoms with van der Waals surface area (Å²) in [6, 6.07) is 3.98. The molecule has 0 aliphatic carbocycles. The number of halogens is 4. The standard InChI is InChI=1S/C10H7BrF3NO/c1-16-9-6(4-5-15)8(11)3-2-7(9)10(12,13)14/h2-3H,4H2,1H3. The Kier molecular flexibility index (Phi) is 3.81. The lowest BCUT2D eigenvalue weighted by Gasteiger charge is -2.15. The molecular weight excluding hydrogens is 287 g/mol. The number of alkyl halides is 3. The molecule has 0 radical (unpaired) electrons. The highest BCUT2D eigenvalue weighted by Gasteiger charge is 2.35. The van der Waals surface area contributed by atoms with Gasteiger partial charge in [0.15, 0.2) is 0 Å². The number of methoxy groups -OCH3 is 1. The molecule has 0 saturated carbocycles. The van der Waals surface area contributed by atoms with Gasteiger partial charge in [0.2, 0.25) is 0 Å². The van der Waals surface area contributed by atoms with E-state index in [9.17, 15) is 13.2 Å². The van der Waals surface area contributed by atoms with E-state index in [1.54, 1.807) is 6.07 Å². The molecule has 0 N–H and O–H groups in total. The van der Waals surface area contributed by atoms with E-state index in [1.165, 1.54) is 6.07 Å². The highest BCUT2D eigenvalue weighted by atomic mass is 79.9. The average Bonchev–Trinajstić information content (AvgIpc) is 2.19. The summed E-state index contributed by atoms with van der Waals surface area (Å²) in [6.07, 6.45) is -4.63. The van der Waals surface area contributed by atoms with E-state index in [4.69, 9.17) is 10.00 Å². The maximum Gasteiger partial charge on any atom is 0.419 e. The zero-order valence-electron chi connectivity index (χ0n) is 8.23. The lowest BCUT2D eigenvalue weighted by Crippen LogP contribution is -2.09. The van der Waals surface area contributed by atoms with Gasteiger partial charge in [0.25, 0.3) is 0 Å². The highest BCUT2D eigenvalue weighted by molar-refractivity contribution is 9.10. The molecule has 0 bridgehead atoms. The van der Waals surface area contributed by atoms with Gasteiger partial charge in [-0.05, 0) is 12.1 Å². The third-order valence-corrected chi connectivity index (χ3v) is 2.71. The quantitative estimate of drug-likeness (QED) is 0.835. The number of nitrogens with zero attached hydrogens (tertiary/aromatic N) is 1. The van der Waals surface area contributed by atoms with Crippen molar-refractivity contribution < 1.29 is 17.9 Å². The predicted molar refractivity (Wildman–Crippen MR) is 55.0 cm³/mol. The van der Waals surface area contributed by atoms with Crippen molar-refractivity contribution in [1.82, 2.24) is 0 Å². The molecule has 0 aliphatic rings. The third-order valence-electron chi connectivity index (χ3n) is 1.97. The van der Waals surface area contributed by atoms with Crippen LogP contribution in [0.3, 0.4) is 0 Å². The molecule has 0 unspecified atom stereocenters. The average molecular weight is 294 g/mol. The summed E-state index contributed by atoms with van der Waals surface area (Å²) in [5, 5.41) is 8.55. The zero-order valence-corrected chi connectivity index (χ0v) is 9.82. The van der Waals surface area contributed by atoms with Crippen molar-refractivity contribution in [3.05, 3.63) is 27.7 Å². The van der Waals surface area contributed by atoms with Crippen LogP contribution in [0.15, 0.2) is 16.6 Å². The largest absolute Gasteiger partial charge is 0.496 e. The van der Waals surface area contributed by atoms with Crippen molar-refractivity contribution in [1.29, 1.82) is 5.26 Å². The second kappa shape index (κ2) is 4.74. The Morgan fingerprint density at radius 3 is 2.50 bits per heavy atom. The number of nitriles is 1. The molecule has 2 nitrogen and oxygen atoms in total. The van der Waals surface area contributed by atoms with Crippen molar-refractivity contribution in [2.24, 2.45) is 0 Å². The Balaban J connectivity index is 3.44. The molecule has 0 atom stereocenters. The number of rotatable bonds is 2. The lowest BCUT2D eigenvalue weighted by molar-refractivity contribution is -0.138. The lowest BCUT2D eigenvalue weighted by atomic mass is 10.1. The minimum atomic E-state index is -4.49. The van der Waals surface area contributed by atoms with Crippen molar-refractivity contribution in [2.75, 3.05) is 7.11 Å². The van der Waals surface area contributed by atoms with Crippen molar-refractivity contribution in [2.45, 2.75) is 12.6 Å². The van der Waals surface area contributed by atoms with Crippen LogP contribution in [0, 0.1) is 11.3 Å². The molecule has 0 amide bonds. The Hall–Kier alpha value is -1.22. The van der Waals surface area contributed by atoms with Crippen LogP contribution in [-0.4, -0.2) is 7.11 Å². The first-order valence-corrected chi connectivity index (χ1v) is 5.00. The van der Waals surface area contributed by atoms with Gasteiger partial charge in [0.05, 0.1) is 25.2 Å². The van der Waals surface area contributed by atoms with E-state index in [-0.39, 0.29) is 17.7 Å². The summed E-state index contributed by atoms with van der Waals surface area (Å²) < 4.78 is 43.0. The first kappa shape index (κ1) is 12.8. The van der Waals surface area contributed by atoms with Gasteiger partial charge < -0.3 is 4.74 Å². The van der Waals surface area contributed by atoms with Gasteiger partial charge in [0.1, 0.15) is 5.75 Å². The minimum absolute atomic E-state index is 0.145. The SMILES string of the molecule is COc1c(C(F)(F)F)ccc(Br)c1CC#N. The molecule has 86 valence electrons. The molecule has 6 heteroatoms. The summed E-state index contributed by atoms with van der Waals surface area (Å²) >= 11 is 3.09. The smallest absolute Gasteiger partial charge is 0.419 e. The van der Waals surface area contributed by atoms with Gasteiger partial charge in [-0.3, -0.25) is 0 Å². The van der Waals surface area contributed by atoms with E-state index in [2.05, 4.69) is 15.9 Å². The monoisotopic (exact) mass is 293 g/mol. The summed E-state index contributed by atoms with van der Waals surface area (Å²) in [5.74, 6) is -0.302. The van der Waals surface area contributed by atoms with Crippen molar-refractivity contribution in [3.63, 3.8) is 0 Å². The zero-order chi connectivity index (χ0) is 12.3. The van der Waals surface area contributed by atoms with Crippen molar-refractivity contribution in [3.8, 4) is 11.8 Å². The van der Waals surface area contributed by atoms with E-state index in [0.717, 1.165) is 13.2 Å². The van der Waals surface area contributed by atoms with E-state index in [1.807, 2.05) is 0 Å². The second-order valence-corrected chi connectivity index (χ2v) is 3.79.